The summed E-state index contributed by atoms with van der Waals surface area (Å²) in [5.74, 6) is -0.325. The van der Waals surface area contributed by atoms with Crippen LogP contribution in [0.3, 0.4) is 0 Å². The van der Waals surface area contributed by atoms with E-state index in [1.54, 1.807) is 0 Å². The van der Waals surface area contributed by atoms with Crippen molar-refractivity contribution < 1.29 is 37.3 Å². The Morgan fingerprint density at radius 2 is 1.09 bits per heavy atom. The zero-order valence-electron chi connectivity index (χ0n) is 35.0. The van der Waals surface area contributed by atoms with Gasteiger partial charge in [-0.2, -0.15) is 0 Å². The van der Waals surface area contributed by atoms with E-state index in [1.165, 1.54) is 77.0 Å². The molecule has 0 bridgehead atoms. The van der Waals surface area contributed by atoms with E-state index in [4.69, 9.17) is 18.5 Å². The number of hydrogen-bond donors (Lipinski definition) is 1. The van der Waals surface area contributed by atoms with Crippen LogP contribution in [0.2, 0.25) is 0 Å². The Bertz CT molecular complexity index is 989. The van der Waals surface area contributed by atoms with Gasteiger partial charge in [-0.15, -0.1) is 0 Å². The maximum atomic E-state index is 12.7. The molecular formula is C44H83NO7P+. The van der Waals surface area contributed by atoms with Crippen molar-refractivity contribution in [2.45, 2.75) is 174 Å². The van der Waals surface area contributed by atoms with Gasteiger partial charge in [-0.25, -0.2) is 4.57 Å². The highest BCUT2D eigenvalue weighted by Gasteiger charge is 2.26. The number of rotatable bonds is 39. The smallest absolute Gasteiger partial charge is 0.457 e. The van der Waals surface area contributed by atoms with Crippen molar-refractivity contribution in [1.82, 2.24) is 0 Å². The predicted octanol–water partition coefficient (Wildman–Crippen LogP) is 12.4. The van der Waals surface area contributed by atoms with Gasteiger partial charge < -0.3 is 18.9 Å². The van der Waals surface area contributed by atoms with Crippen LogP contribution in [0, 0.1) is 0 Å². The minimum Gasteiger partial charge on any atom is -0.457 e. The van der Waals surface area contributed by atoms with Crippen LogP contribution in [-0.4, -0.2) is 75.6 Å². The molecule has 0 spiro atoms. The molecule has 0 radical (unpaired) electrons. The molecule has 0 aliphatic heterocycles. The molecule has 0 rings (SSSR count). The molecular weight excluding hydrogens is 685 g/mol. The van der Waals surface area contributed by atoms with Crippen molar-refractivity contribution in [3.63, 3.8) is 0 Å². The second kappa shape index (κ2) is 37.4. The Morgan fingerprint density at radius 3 is 1.62 bits per heavy atom. The molecule has 1 N–H and O–H groups in total. The Labute approximate surface area is 327 Å². The summed E-state index contributed by atoms with van der Waals surface area (Å²) < 4.78 is 34.9. The summed E-state index contributed by atoms with van der Waals surface area (Å²) in [7, 11) is 1.64. The number of likely N-dealkylation sites (N-methyl/N-ethyl adjacent to an activating group) is 1. The first-order valence-electron chi connectivity index (χ1n) is 21.4. The quantitative estimate of drug-likeness (QED) is 0.0219. The van der Waals surface area contributed by atoms with Crippen LogP contribution in [-0.2, 0) is 27.9 Å². The maximum absolute atomic E-state index is 12.7. The number of carbonyl (C=O) groups is 1. The Balaban J connectivity index is 4.30. The summed E-state index contributed by atoms with van der Waals surface area (Å²) in [4.78, 5) is 22.9. The molecule has 0 aromatic heterocycles. The number of phosphoric acid groups is 1. The zero-order chi connectivity index (χ0) is 39.1. The number of carbonyl (C=O) groups excluding carboxylic acids is 1. The van der Waals surface area contributed by atoms with Crippen molar-refractivity contribution >= 4 is 13.8 Å². The van der Waals surface area contributed by atoms with E-state index in [0.717, 1.165) is 70.6 Å². The second-order valence-corrected chi connectivity index (χ2v) is 16.8. The molecule has 0 saturated heterocycles. The Morgan fingerprint density at radius 1 is 0.604 bits per heavy atom. The van der Waals surface area contributed by atoms with Gasteiger partial charge in [0.15, 0.2) is 0 Å². The lowest BCUT2D eigenvalue weighted by molar-refractivity contribution is -0.870. The molecule has 2 unspecified atom stereocenters. The SMILES string of the molecule is CC/C=C\C/C=C\C/C=C\C/C=C\CCCCCOCC(COP(=O)(O)OCC[N+](C)(C)C)OC(=O)CCCCCCCCCCCCCCCCC. The first-order chi connectivity index (χ1) is 25.6. The van der Waals surface area contributed by atoms with Crippen molar-refractivity contribution in [2.75, 3.05) is 54.1 Å². The number of allylic oxidation sites excluding steroid dienone is 8. The van der Waals surface area contributed by atoms with Crippen LogP contribution in [0.15, 0.2) is 48.6 Å². The lowest BCUT2D eigenvalue weighted by Gasteiger charge is -2.24. The molecule has 0 aromatic rings. The fourth-order valence-corrected chi connectivity index (χ4v) is 6.34. The molecule has 53 heavy (non-hydrogen) atoms. The summed E-state index contributed by atoms with van der Waals surface area (Å²) in [5, 5.41) is 0. The van der Waals surface area contributed by atoms with Crippen molar-refractivity contribution in [1.29, 1.82) is 0 Å². The van der Waals surface area contributed by atoms with Crippen molar-refractivity contribution in [3.05, 3.63) is 48.6 Å². The molecule has 0 heterocycles. The lowest BCUT2D eigenvalue weighted by Crippen LogP contribution is -2.37. The average molecular weight is 769 g/mol. The van der Waals surface area contributed by atoms with E-state index >= 15 is 0 Å². The molecule has 8 nitrogen and oxygen atoms in total. The van der Waals surface area contributed by atoms with Gasteiger partial charge in [-0.3, -0.25) is 13.8 Å². The lowest BCUT2D eigenvalue weighted by atomic mass is 10.0. The van der Waals surface area contributed by atoms with Gasteiger partial charge in [-0.05, 0) is 51.4 Å². The van der Waals surface area contributed by atoms with Gasteiger partial charge >= 0.3 is 13.8 Å². The van der Waals surface area contributed by atoms with E-state index < -0.39 is 13.9 Å². The van der Waals surface area contributed by atoms with Crippen LogP contribution in [0.1, 0.15) is 168 Å². The normalized spacial score (nSPS) is 14.3. The molecule has 0 aliphatic carbocycles. The van der Waals surface area contributed by atoms with E-state index in [2.05, 4.69) is 62.5 Å². The standard InChI is InChI=1S/C44H82NO7P/c1-6-8-10-12-14-16-18-20-22-24-26-28-30-32-34-36-39-49-41-43(42-51-53(47,48)50-40-38-45(3,4)5)52-44(46)37-35-33-31-29-27-25-23-21-19-17-15-13-11-9-7-2/h8,10,14,16,20,22,26,28,43H,6-7,9,11-13,15,17-19,21,23-25,27,29-42H2,1-5H3/p+1/b10-8-,16-14-,22-20-,28-26-. The number of unbranched alkanes of at least 4 members (excludes halogenated alkanes) is 17. The number of phosphoric ester groups is 1. The van der Waals surface area contributed by atoms with Crippen molar-refractivity contribution in [3.8, 4) is 0 Å². The fourth-order valence-electron chi connectivity index (χ4n) is 5.60. The molecule has 0 aliphatic rings. The topological polar surface area (TPSA) is 91.3 Å². The molecule has 0 fully saturated rings. The molecule has 0 amide bonds. The van der Waals surface area contributed by atoms with Crippen LogP contribution >= 0.6 is 7.82 Å². The van der Waals surface area contributed by atoms with E-state index in [-0.39, 0.29) is 25.8 Å². The number of hydrogen-bond acceptors (Lipinski definition) is 6. The van der Waals surface area contributed by atoms with Crippen LogP contribution in [0.25, 0.3) is 0 Å². The minimum absolute atomic E-state index is 0.0817. The summed E-state index contributed by atoms with van der Waals surface area (Å²) in [6.45, 7) is 5.43. The summed E-state index contributed by atoms with van der Waals surface area (Å²) >= 11 is 0. The highest BCUT2D eigenvalue weighted by molar-refractivity contribution is 7.47. The number of quaternary nitrogens is 1. The van der Waals surface area contributed by atoms with Crippen LogP contribution in [0.4, 0.5) is 0 Å². The van der Waals surface area contributed by atoms with Crippen LogP contribution < -0.4 is 0 Å². The highest BCUT2D eigenvalue weighted by Crippen LogP contribution is 2.43. The van der Waals surface area contributed by atoms with Gasteiger partial charge in [-0.1, -0.05) is 159 Å². The van der Waals surface area contributed by atoms with Gasteiger partial charge in [0.25, 0.3) is 0 Å². The number of nitrogens with zero attached hydrogens (tertiary/aromatic N) is 1. The first kappa shape index (κ1) is 51.5. The summed E-state index contributed by atoms with van der Waals surface area (Å²) in [5.41, 5.74) is 0. The average Bonchev–Trinajstić information content (AvgIpc) is 3.11. The monoisotopic (exact) mass is 769 g/mol. The van der Waals surface area contributed by atoms with E-state index in [0.29, 0.717) is 24.1 Å². The fraction of sp³-hybridized carbons (Fsp3) is 0.795. The molecule has 0 saturated carbocycles. The second-order valence-electron chi connectivity index (χ2n) is 15.3. The van der Waals surface area contributed by atoms with Gasteiger partial charge in [0, 0.05) is 13.0 Å². The van der Waals surface area contributed by atoms with Gasteiger partial charge in [0.05, 0.1) is 34.4 Å². The van der Waals surface area contributed by atoms with Crippen LogP contribution in [0.5, 0.6) is 0 Å². The highest BCUT2D eigenvalue weighted by atomic mass is 31.2. The van der Waals surface area contributed by atoms with E-state index in [1.807, 2.05) is 21.1 Å². The first-order valence-corrected chi connectivity index (χ1v) is 22.9. The van der Waals surface area contributed by atoms with Gasteiger partial charge in [0.2, 0.25) is 0 Å². The third kappa shape index (κ3) is 41.5. The zero-order valence-corrected chi connectivity index (χ0v) is 35.9. The molecule has 2 atom stereocenters. The number of ether oxygens (including phenoxy) is 2. The van der Waals surface area contributed by atoms with Gasteiger partial charge in [0.1, 0.15) is 19.3 Å². The Hall–Kier alpha value is -1.54. The summed E-state index contributed by atoms with van der Waals surface area (Å²) in [6.07, 6.45) is 44.3. The molecule has 9 heteroatoms. The third-order valence-electron chi connectivity index (χ3n) is 8.90. The number of esters is 1. The predicted molar refractivity (Wildman–Crippen MR) is 224 cm³/mol. The largest absolute Gasteiger partial charge is 0.472 e. The molecule has 0 aromatic carbocycles. The summed E-state index contributed by atoms with van der Waals surface area (Å²) in [6, 6.07) is 0. The maximum Gasteiger partial charge on any atom is 0.472 e. The third-order valence-corrected chi connectivity index (χ3v) is 9.89. The van der Waals surface area contributed by atoms with E-state index in [9.17, 15) is 14.3 Å². The molecule has 310 valence electrons. The van der Waals surface area contributed by atoms with Crippen molar-refractivity contribution in [2.24, 2.45) is 0 Å². The Kier molecular flexibility index (Phi) is 36.3. The minimum atomic E-state index is -4.28.